The third kappa shape index (κ3) is 6.67. The highest BCUT2D eigenvalue weighted by atomic mass is 32.1. The van der Waals surface area contributed by atoms with Crippen molar-refractivity contribution < 1.29 is 28.7 Å². The van der Waals surface area contributed by atoms with Crippen LogP contribution in [0.2, 0.25) is 0 Å². The molecular weight excluding hydrogens is 372 g/mol. The Morgan fingerprint density at radius 3 is 2.59 bits per heavy atom. The highest BCUT2D eigenvalue weighted by Gasteiger charge is 2.28. The van der Waals surface area contributed by atoms with Gasteiger partial charge in [-0.1, -0.05) is 6.07 Å². The van der Waals surface area contributed by atoms with Crippen LogP contribution < -0.4 is 5.32 Å². The van der Waals surface area contributed by atoms with Gasteiger partial charge in [0.25, 0.3) is 11.8 Å². The molecule has 2 heterocycles. The summed E-state index contributed by atoms with van der Waals surface area (Å²) < 4.78 is 9.96. The van der Waals surface area contributed by atoms with Gasteiger partial charge in [-0.05, 0) is 31.2 Å². The van der Waals surface area contributed by atoms with Crippen LogP contribution in [0.4, 0.5) is 0 Å². The molecule has 1 aliphatic heterocycles. The predicted octanol–water partition coefficient (Wildman–Crippen LogP) is 1.21. The van der Waals surface area contributed by atoms with Crippen LogP contribution in [0.1, 0.15) is 35.9 Å². The van der Waals surface area contributed by atoms with E-state index in [0.29, 0.717) is 37.4 Å². The molecule has 9 heteroatoms. The molecule has 0 aromatic carbocycles. The maximum Gasteiger partial charge on any atom is 0.309 e. The van der Waals surface area contributed by atoms with E-state index in [-0.39, 0.29) is 43.3 Å². The molecule has 0 unspecified atom stereocenters. The van der Waals surface area contributed by atoms with Crippen molar-refractivity contribution in [1.82, 2.24) is 10.2 Å². The summed E-state index contributed by atoms with van der Waals surface area (Å²) in [7, 11) is 0. The van der Waals surface area contributed by atoms with E-state index in [1.807, 2.05) is 0 Å². The van der Waals surface area contributed by atoms with Gasteiger partial charge in [0.1, 0.15) is 0 Å². The Balaban J connectivity index is 1.60. The van der Waals surface area contributed by atoms with E-state index in [2.05, 4.69) is 5.32 Å². The molecule has 2 rings (SSSR count). The molecule has 0 bridgehead atoms. The molecule has 148 valence electrons. The Bertz CT molecular complexity index is 653. The minimum Gasteiger partial charge on any atom is -0.466 e. The van der Waals surface area contributed by atoms with Crippen LogP contribution in [0.25, 0.3) is 0 Å². The van der Waals surface area contributed by atoms with E-state index in [4.69, 9.17) is 9.47 Å². The molecule has 0 atom stereocenters. The minimum absolute atomic E-state index is 0.00464. The zero-order chi connectivity index (χ0) is 19.6. The van der Waals surface area contributed by atoms with Gasteiger partial charge in [0.15, 0.2) is 6.61 Å². The third-order valence-corrected chi connectivity index (χ3v) is 5.05. The first-order valence-corrected chi connectivity index (χ1v) is 9.81. The molecule has 27 heavy (non-hydrogen) atoms. The summed E-state index contributed by atoms with van der Waals surface area (Å²) in [6.45, 7) is 2.81. The number of rotatable bonds is 8. The summed E-state index contributed by atoms with van der Waals surface area (Å²) in [5.41, 5.74) is 0. The molecule has 8 nitrogen and oxygen atoms in total. The zero-order valence-electron chi connectivity index (χ0n) is 15.3. The first kappa shape index (κ1) is 20.9. The summed E-state index contributed by atoms with van der Waals surface area (Å²) in [4.78, 5) is 49.4. The van der Waals surface area contributed by atoms with Crippen molar-refractivity contribution in [1.29, 1.82) is 0 Å². The van der Waals surface area contributed by atoms with Crippen molar-refractivity contribution in [2.75, 3.05) is 32.8 Å². The fourth-order valence-electron chi connectivity index (χ4n) is 2.70. The molecule has 1 aromatic heterocycles. The molecule has 1 fully saturated rings. The van der Waals surface area contributed by atoms with Gasteiger partial charge >= 0.3 is 11.9 Å². The SMILES string of the molecule is CCOC(=O)C1CCN(C(=O)COC(=O)CCNC(=O)c2cccs2)CC1. The van der Waals surface area contributed by atoms with Crippen LogP contribution in [0, 0.1) is 5.92 Å². The van der Waals surface area contributed by atoms with Gasteiger partial charge in [-0.25, -0.2) is 0 Å². The van der Waals surface area contributed by atoms with Crippen LogP contribution in [0.15, 0.2) is 17.5 Å². The summed E-state index contributed by atoms with van der Waals surface area (Å²) in [6.07, 6.45) is 1.09. The number of piperidine rings is 1. The summed E-state index contributed by atoms with van der Waals surface area (Å²) in [5, 5.41) is 4.42. The predicted molar refractivity (Wildman–Crippen MR) is 98.2 cm³/mol. The van der Waals surface area contributed by atoms with E-state index in [1.54, 1.807) is 29.3 Å². The largest absolute Gasteiger partial charge is 0.466 e. The van der Waals surface area contributed by atoms with Crippen molar-refractivity contribution in [3.63, 3.8) is 0 Å². The Hall–Kier alpha value is -2.42. The smallest absolute Gasteiger partial charge is 0.309 e. The van der Waals surface area contributed by atoms with Gasteiger partial charge in [-0.2, -0.15) is 0 Å². The zero-order valence-corrected chi connectivity index (χ0v) is 16.1. The molecule has 1 saturated heterocycles. The number of hydrogen-bond acceptors (Lipinski definition) is 7. The molecule has 2 amide bonds. The topological polar surface area (TPSA) is 102 Å². The van der Waals surface area contributed by atoms with Crippen molar-refractivity contribution in [2.24, 2.45) is 5.92 Å². The Labute approximate surface area is 161 Å². The number of amides is 2. The van der Waals surface area contributed by atoms with E-state index < -0.39 is 5.97 Å². The van der Waals surface area contributed by atoms with Crippen LogP contribution in [0.3, 0.4) is 0 Å². The maximum absolute atomic E-state index is 12.1. The van der Waals surface area contributed by atoms with Crippen LogP contribution in [0.5, 0.6) is 0 Å². The molecule has 1 aliphatic rings. The average molecular weight is 396 g/mol. The van der Waals surface area contributed by atoms with Gasteiger partial charge in [-0.15, -0.1) is 11.3 Å². The van der Waals surface area contributed by atoms with E-state index in [9.17, 15) is 19.2 Å². The monoisotopic (exact) mass is 396 g/mol. The first-order chi connectivity index (χ1) is 13.0. The Morgan fingerprint density at radius 2 is 1.96 bits per heavy atom. The molecule has 0 spiro atoms. The lowest BCUT2D eigenvalue weighted by Gasteiger charge is -2.30. The van der Waals surface area contributed by atoms with Crippen LogP contribution >= 0.6 is 11.3 Å². The fourth-order valence-corrected chi connectivity index (χ4v) is 3.34. The molecule has 0 saturated carbocycles. The second kappa shape index (κ2) is 10.7. The van der Waals surface area contributed by atoms with Gasteiger partial charge in [0.05, 0.1) is 23.8 Å². The lowest BCUT2D eigenvalue weighted by atomic mass is 9.97. The van der Waals surface area contributed by atoms with Crippen molar-refractivity contribution in [2.45, 2.75) is 26.2 Å². The van der Waals surface area contributed by atoms with Gasteiger partial charge in [0.2, 0.25) is 0 Å². The van der Waals surface area contributed by atoms with Crippen molar-refractivity contribution >= 4 is 35.1 Å². The average Bonchev–Trinajstić information content (AvgIpc) is 3.21. The molecular formula is C18H24N2O6S. The number of ether oxygens (including phenoxy) is 2. The molecule has 1 N–H and O–H groups in total. The standard InChI is InChI=1S/C18H24N2O6S/c1-2-25-18(24)13-6-9-20(10-7-13)15(21)12-26-16(22)5-8-19-17(23)14-4-3-11-27-14/h3-4,11,13H,2,5-10,12H2,1H3,(H,19,23). The number of carbonyl (C=O) groups excluding carboxylic acids is 4. The second-order valence-electron chi connectivity index (χ2n) is 6.05. The van der Waals surface area contributed by atoms with Crippen LogP contribution in [-0.4, -0.2) is 61.5 Å². The number of nitrogens with one attached hydrogen (secondary N) is 1. The van der Waals surface area contributed by atoms with E-state index >= 15 is 0 Å². The van der Waals surface area contributed by atoms with Crippen LogP contribution in [-0.2, 0) is 23.9 Å². The minimum atomic E-state index is -0.545. The summed E-state index contributed by atoms with van der Waals surface area (Å²) >= 11 is 1.32. The van der Waals surface area contributed by atoms with Crippen molar-refractivity contribution in [3.8, 4) is 0 Å². The third-order valence-electron chi connectivity index (χ3n) is 4.18. The number of likely N-dealkylation sites (tertiary alicyclic amines) is 1. The van der Waals surface area contributed by atoms with Gasteiger partial charge in [-0.3, -0.25) is 19.2 Å². The van der Waals surface area contributed by atoms with Crippen molar-refractivity contribution in [3.05, 3.63) is 22.4 Å². The van der Waals surface area contributed by atoms with Gasteiger partial charge in [0, 0.05) is 19.6 Å². The molecule has 1 aromatic rings. The maximum atomic E-state index is 12.1. The summed E-state index contributed by atoms with van der Waals surface area (Å²) in [6, 6.07) is 3.47. The fraction of sp³-hybridized carbons (Fsp3) is 0.556. The molecule has 0 aliphatic carbocycles. The Kier molecular flexibility index (Phi) is 8.25. The highest BCUT2D eigenvalue weighted by Crippen LogP contribution is 2.18. The molecule has 0 radical (unpaired) electrons. The van der Waals surface area contributed by atoms with Gasteiger partial charge < -0.3 is 19.7 Å². The lowest BCUT2D eigenvalue weighted by Crippen LogP contribution is -2.42. The Morgan fingerprint density at radius 1 is 1.22 bits per heavy atom. The quantitative estimate of drug-likeness (QED) is 0.663. The first-order valence-electron chi connectivity index (χ1n) is 8.93. The number of esters is 2. The van der Waals surface area contributed by atoms with E-state index in [1.165, 1.54) is 11.3 Å². The number of thiophene rings is 1. The number of nitrogens with zero attached hydrogens (tertiary/aromatic N) is 1. The summed E-state index contributed by atoms with van der Waals surface area (Å²) in [5.74, 6) is -1.47. The second-order valence-corrected chi connectivity index (χ2v) is 7.00. The number of hydrogen-bond donors (Lipinski definition) is 1. The highest BCUT2D eigenvalue weighted by molar-refractivity contribution is 7.12. The number of carbonyl (C=O) groups is 4. The lowest BCUT2D eigenvalue weighted by molar-refractivity contribution is -0.154. The normalized spacial score (nSPS) is 14.5. The van der Waals surface area contributed by atoms with E-state index in [0.717, 1.165) is 0 Å².